The molecule has 2 aliphatic heterocycles. The fourth-order valence-electron chi connectivity index (χ4n) is 3.54. The van der Waals surface area contributed by atoms with Gasteiger partial charge in [0.2, 0.25) is 0 Å². The van der Waals surface area contributed by atoms with E-state index in [1.165, 1.54) is 17.0 Å². The number of amides is 1. The number of carbonyl (C=O) groups is 1. The molecule has 2 aliphatic rings. The highest BCUT2D eigenvalue weighted by Crippen LogP contribution is 2.35. The van der Waals surface area contributed by atoms with Gasteiger partial charge in [-0.25, -0.2) is 13.6 Å². The Morgan fingerprint density at radius 3 is 2.57 bits per heavy atom. The van der Waals surface area contributed by atoms with Crippen molar-refractivity contribution in [3.8, 4) is 0 Å². The fourth-order valence-corrected chi connectivity index (χ4v) is 4.86. The Kier molecular flexibility index (Phi) is 6.71. The van der Waals surface area contributed by atoms with Crippen LogP contribution >= 0.6 is 0 Å². The molecule has 1 N–H and O–H groups in total. The Morgan fingerprint density at radius 1 is 1.32 bits per heavy atom. The number of cyclic esters (lactones) is 1. The van der Waals surface area contributed by atoms with Crippen molar-refractivity contribution in [1.82, 2.24) is 5.01 Å². The molecule has 2 fully saturated rings. The summed E-state index contributed by atoms with van der Waals surface area (Å²) >= 11 is -0.653. The van der Waals surface area contributed by atoms with Crippen LogP contribution < -0.4 is 4.90 Å². The quantitative estimate of drug-likeness (QED) is 0.438. The molecule has 0 bridgehead atoms. The van der Waals surface area contributed by atoms with Crippen molar-refractivity contribution in [3.63, 3.8) is 0 Å². The van der Waals surface area contributed by atoms with E-state index >= 15 is 0 Å². The van der Waals surface area contributed by atoms with Gasteiger partial charge in [-0.15, -0.1) is 0 Å². The average Bonchev–Trinajstić information content (AvgIpc) is 3.01. The first kappa shape index (κ1) is 20.8. The fraction of sp³-hybridized carbons (Fsp3) is 0.611. The van der Waals surface area contributed by atoms with Crippen molar-refractivity contribution < 1.29 is 22.9 Å². The molecule has 2 heterocycles. The van der Waals surface area contributed by atoms with E-state index in [-0.39, 0.29) is 23.7 Å². The van der Waals surface area contributed by atoms with Gasteiger partial charge in [-0.3, -0.25) is 9.91 Å². The van der Waals surface area contributed by atoms with Crippen LogP contribution in [0.4, 0.5) is 19.3 Å². The third kappa shape index (κ3) is 4.72. The number of likely N-dealkylation sites (N-methyl/N-ethyl adjacent to an activating group) is 1. The molecule has 0 spiro atoms. The van der Waals surface area contributed by atoms with Crippen LogP contribution in [0, 0.1) is 11.6 Å². The molecule has 154 valence electrons. The van der Waals surface area contributed by atoms with E-state index in [1.807, 2.05) is 6.92 Å². The lowest BCUT2D eigenvalue weighted by atomic mass is 9.92. The summed E-state index contributed by atoms with van der Waals surface area (Å²) in [4.78, 5) is 13.4. The molecule has 7 nitrogen and oxygen atoms in total. The smallest absolute Gasteiger partial charge is 0.414 e. The maximum Gasteiger partial charge on any atom is 0.414 e. The number of benzene rings is 1. The zero-order valence-electron chi connectivity index (χ0n) is 16.0. The monoisotopic (exact) mass is 415 g/mol. The van der Waals surface area contributed by atoms with Gasteiger partial charge in [0.25, 0.3) is 0 Å². The van der Waals surface area contributed by atoms with Crippen LogP contribution in [0.1, 0.15) is 31.2 Å². The summed E-state index contributed by atoms with van der Waals surface area (Å²) in [6, 6.07) is 2.38. The summed E-state index contributed by atoms with van der Waals surface area (Å²) in [5.41, 5.74) is 0.186. The third-order valence-corrected chi connectivity index (χ3v) is 6.30. The molecule has 28 heavy (non-hydrogen) atoms. The zero-order chi connectivity index (χ0) is 20.3. The Hall–Kier alpha value is -1.94. The summed E-state index contributed by atoms with van der Waals surface area (Å²) in [7, 11) is 1.71. The topological polar surface area (TPSA) is 77.7 Å². The maximum absolute atomic E-state index is 14.7. The molecular weight excluding hydrogens is 390 g/mol. The summed E-state index contributed by atoms with van der Waals surface area (Å²) in [5, 5.41) is 9.37. The number of halogens is 2. The third-order valence-electron chi connectivity index (χ3n) is 4.89. The Labute approximate surface area is 165 Å². The van der Waals surface area contributed by atoms with Gasteiger partial charge >= 0.3 is 6.09 Å². The van der Waals surface area contributed by atoms with Crippen LogP contribution in [0.15, 0.2) is 22.5 Å². The van der Waals surface area contributed by atoms with Gasteiger partial charge in [-0.1, -0.05) is 5.22 Å². The molecule has 1 aromatic carbocycles. The molecule has 10 heteroatoms. The number of ether oxygens (including phenoxy) is 1. The first-order chi connectivity index (χ1) is 13.4. The normalized spacial score (nSPS) is 25.4. The second-order valence-corrected chi connectivity index (χ2v) is 8.71. The molecule has 1 atom stereocenters. The van der Waals surface area contributed by atoms with Gasteiger partial charge in [0.1, 0.15) is 40.4 Å². The predicted molar refractivity (Wildman–Crippen MR) is 104 cm³/mol. The van der Waals surface area contributed by atoms with E-state index in [0.29, 0.717) is 37.4 Å². The zero-order valence-corrected chi connectivity index (χ0v) is 16.8. The standard InChI is InChI=1S/C18H25F2N4O3S/c1-3-21-22-23(2)10-14-11-24(18(25)27-14)13-8-15(19)17(16(20)9-13)12-4-6-28(26)7-5-12/h8-9,12,14,26H,3-7,10-11H2,1-2H3/q+1. The van der Waals surface area contributed by atoms with Crippen LogP contribution in [-0.4, -0.2) is 59.9 Å². The van der Waals surface area contributed by atoms with Crippen LogP contribution in [0.2, 0.25) is 0 Å². The predicted octanol–water partition coefficient (Wildman–Crippen LogP) is 3.58. The van der Waals surface area contributed by atoms with Gasteiger partial charge in [0.05, 0.1) is 25.3 Å². The van der Waals surface area contributed by atoms with Crippen LogP contribution in [0.3, 0.4) is 0 Å². The second-order valence-electron chi connectivity index (χ2n) is 6.97. The molecule has 2 saturated heterocycles. The van der Waals surface area contributed by atoms with E-state index in [9.17, 15) is 18.1 Å². The minimum absolute atomic E-state index is 0.0456. The number of anilines is 1. The minimum Gasteiger partial charge on any atom is -0.442 e. The SMILES string of the molecule is CCN=NN(C)CC1CN(c2cc(F)c(C3CC[S+](O)CC3)c(F)c2)C(=O)O1. The molecular formula is C18H25F2N4O3S+. The van der Waals surface area contributed by atoms with Crippen molar-refractivity contribution in [2.75, 3.05) is 43.1 Å². The number of rotatable bonds is 6. The van der Waals surface area contributed by atoms with Crippen molar-refractivity contribution in [1.29, 1.82) is 0 Å². The Bertz CT molecular complexity index is 721. The first-order valence-electron chi connectivity index (χ1n) is 9.31. The Balaban J connectivity index is 1.71. The molecule has 0 radical (unpaired) electrons. The van der Waals surface area contributed by atoms with Crippen LogP contribution in [0.5, 0.6) is 0 Å². The largest absolute Gasteiger partial charge is 0.442 e. The number of nitrogens with zero attached hydrogens (tertiary/aromatic N) is 4. The van der Waals surface area contributed by atoms with E-state index < -0.39 is 35.0 Å². The molecule has 1 unspecified atom stereocenters. The van der Waals surface area contributed by atoms with Crippen molar-refractivity contribution in [2.45, 2.75) is 31.8 Å². The van der Waals surface area contributed by atoms with E-state index in [1.54, 1.807) is 12.1 Å². The van der Waals surface area contributed by atoms with Crippen molar-refractivity contribution >= 4 is 23.0 Å². The highest BCUT2D eigenvalue weighted by Gasteiger charge is 2.36. The lowest BCUT2D eigenvalue weighted by molar-refractivity contribution is 0.115. The van der Waals surface area contributed by atoms with E-state index in [4.69, 9.17) is 4.74 Å². The molecule has 0 aromatic heterocycles. The van der Waals surface area contributed by atoms with Gasteiger partial charge < -0.3 is 4.74 Å². The summed E-state index contributed by atoms with van der Waals surface area (Å²) in [6.07, 6.45) is -0.00209. The summed E-state index contributed by atoms with van der Waals surface area (Å²) in [6.45, 7) is 2.92. The van der Waals surface area contributed by atoms with E-state index in [0.717, 1.165) is 0 Å². The van der Waals surface area contributed by atoms with Crippen molar-refractivity contribution in [3.05, 3.63) is 29.3 Å². The van der Waals surface area contributed by atoms with E-state index in [2.05, 4.69) is 10.3 Å². The average molecular weight is 415 g/mol. The molecule has 0 aliphatic carbocycles. The number of carbonyl (C=O) groups excluding carboxylic acids is 1. The number of hydrogen-bond acceptors (Lipinski definition) is 5. The second kappa shape index (κ2) is 9.04. The lowest BCUT2D eigenvalue weighted by Crippen LogP contribution is -2.30. The molecule has 1 amide bonds. The molecule has 3 rings (SSSR count). The first-order valence-corrected chi connectivity index (χ1v) is 10.8. The van der Waals surface area contributed by atoms with Gasteiger partial charge in [-0.2, -0.15) is 9.67 Å². The van der Waals surface area contributed by atoms with Crippen LogP contribution in [-0.2, 0) is 15.9 Å². The minimum atomic E-state index is -0.662. The molecule has 0 saturated carbocycles. The highest BCUT2D eigenvalue weighted by atomic mass is 32.2. The maximum atomic E-state index is 14.7. The summed E-state index contributed by atoms with van der Waals surface area (Å²) in [5.74, 6) is -0.446. The Morgan fingerprint density at radius 2 is 1.96 bits per heavy atom. The number of hydrogen-bond donors (Lipinski definition) is 1. The lowest BCUT2D eigenvalue weighted by Gasteiger charge is -2.22. The van der Waals surface area contributed by atoms with Gasteiger partial charge in [0.15, 0.2) is 0 Å². The van der Waals surface area contributed by atoms with Crippen molar-refractivity contribution in [2.24, 2.45) is 10.3 Å². The van der Waals surface area contributed by atoms with Crippen LogP contribution in [0.25, 0.3) is 0 Å². The molecule has 1 aromatic rings. The van der Waals surface area contributed by atoms with Gasteiger partial charge in [-0.05, 0) is 25.0 Å². The van der Waals surface area contributed by atoms with Gasteiger partial charge in [0, 0.05) is 25.5 Å². The highest BCUT2D eigenvalue weighted by molar-refractivity contribution is 7.91. The summed E-state index contributed by atoms with van der Waals surface area (Å²) < 4.78 is 44.3.